The molecule has 0 radical (unpaired) electrons. The van der Waals surface area contributed by atoms with Crippen LogP contribution in [-0.4, -0.2) is 24.0 Å². The van der Waals surface area contributed by atoms with E-state index in [2.05, 4.69) is 32.7 Å². The van der Waals surface area contributed by atoms with E-state index < -0.39 is 0 Å². The van der Waals surface area contributed by atoms with Crippen molar-refractivity contribution in [3.8, 4) is 0 Å². The zero-order valence-electron chi connectivity index (χ0n) is 8.80. The van der Waals surface area contributed by atoms with Crippen LogP contribution in [0.15, 0.2) is 0 Å². The molecule has 1 saturated heterocycles. The van der Waals surface area contributed by atoms with E-state index in [-0.39, 0.29) is 0 Å². The van der Waals surface area contributed by atoms with Crippen molar-refractivity contribution in [2.75, 3.05) is 7.05 Å². The van der Waals surface area contributed by atoms with Crippen molar-refractivity contribution in [2.24, 2.45) is 11.3 Å². The number of hydrogen-bond donors (Lipinski definition) is 0. The summed E-state index contributed by atoms with van der Waals surface area (Å²) in [7, 11) is 2.31. The first-order chi connectivity index (χ1) is 5.47. The highest BCUT2D eigenvalue weighted by Crippen LogP contribution is 2.48. The second kappa shape index (κ2) is 2.47. The van der Waals surface area contributed by atoms with Crippen LogP contribution in [-0.2, 0) is 0 Å². The summed E-state index contributed by atoms with van der Waals surface area (Å²) in [5.41, 5.74) is 0.510. The molecule has 0 aromatic heterocycles. The van der Waals surface area contributed by atoms with Crippen LogP contribution < -0.4 is 0 Å². The van der Waals surface area contributed by atoms with Gasteiger partial charge >= 0.3 is 0 Å². The monoisotopic (exact) mass is 167 g/mol. The van der Waals surface area contributed by atoms with Gasteiger partial charge in [0.25, 0.3) is 0 Å². The molecule has 3 unspecified atom stereocenters. The number of rotatable bonds is 1. The minimum absolute atomic E-state index is 0.510. The number of nitrogens with zero attached hydrogens (tertiary/aromatic N) is 1. The van der Waals surface area contributed by atoms with E-state index in [0.29, 0.717) is 5.41 Å². The fraction of sp³-hybridized carbons (Fsp3) is 1.00. The van der Waals surface area contributed by atoms with Crippen molar-refractivity contribution < 1.29 is 0 Å². The zero-order chi connectivity index (χ0) is 8.93. The molecule has 1 nitrogen and oxygen atoms in total. The summed E-state index contributed by atoms with van der Waals surface area (Å²) in [6, 6.07) is 1.85. The Morgan fingerprint density at radius 1 is 1.25 bits per heavy atom. The Morgan fingerprint density at radius 3 is 2.33 bits per heavy atom. The third-order valence-electron chi connectivity index (χ3n) is 3.41. The maximum atomic E-state index is 2.62. The van der Waals surface area contributed by atoms with Crippen LogP contribution in [0.3, 0.4) is 0 Å². The van der Waals surface area contributed by atoms with E-state index in [1.54, 1.807) is 0 Å². The van der Waals surface area contributed by atoms with Crippen molar-refractivity contribution in [1.29, 1.82) is 0 Å². The number of hydrogen-bond acceptors (Lipinski definition) is 1. The van der Waals surface area contributed by atoms with Gasteiger partial charge in [-0.3, -0.25) is 0 Å². The van der Waals surface area contributed by atoms with E-state index in [4.69, 9.17) is 0 Å². The van der Waals surface area contributed by atoms with Crippen LogP contribution >= 0.6 is 0 Å². The Hall–Kier alpha value is -0.0400. The van der Waals surface area contributed by atoms with Gasteiger partial charge in [0, 0.05) is 12.1 Å². The SMILES string of the molecule is CN1C(CC(C)(C)C)CC2CC21. The summed E-state index contributed by atoms with van der Waals surface area (Å²) >= 11 is 0. The van der Waals surface area contributed by atoms with Gasteiger partial charge in [0.2, 0.25) is 0 Å². The molecule has 70 valence electrons. The molecule has 12 heavy (non-hydrogen) atoms. The summed E-state index contributed by atoms with van der Waals surface area (Å²) in [6.07, 6.45) is 4.33. The average molecular weight is 167 g/mol. The van der Waals surface area contributed by atoms with E-state index in [0.717, 1.165) is 18.0 Å². The van der Waals surface area contributed by atoms with Crippen LogP contribution in [0.2, 0.25) is 0 Å². The fourth-order valence-corrected chi connectivity index (χ4v) is 2.70. The van der Waals surface area contributed by atoms with Crippen molar-refractivity contribution >= 4 is 0 Å². The van der Waals surface area contributed by atoms with Crippen LogP contribution in [0.1, 0.15) is 40.0 Å². The Kier molecular flexibility index (Phi) is 1.76. The van der Waals surface area contributed by atoms with E-state index in [1.807, 2.05) is 0 Å². The first-order valence-corrected chi connectivity index (χ1v) is 5.19. The molecule has 0 spiro atoms. The summed E-state index contributed by atoms with van der Waals surface area (Å²) in [5, 5.41) is 0. The topological polar surface area (TPSA) is 3.24 Å². The Labute approximate surface area is 76.1 Å². The zero-order valence-corrected chi connectivity index (χ0v) is 8.80. The summed E-state index contributed by atoms with van der Waals surface area (Å²) < 4.78 is 0. The molecule has 2 aliphatic rings. The van der Waals surface area contributed by atoms with Gasteiger partial charge in [0.1, 0.15) is 0 Å². The van der Waals surface area contributed by atoms with Gasteiger partial charge in [-0.05, 0) is 37.6 Å². The van der Waals surface area contributed by atoms with E-state index >= 15 is 0 Å². The third kappa shape index (κ3) is 1.52. The van der Waals surface area contributed by atoms with Crippen molar-refractivity contribution in [2.45, 2.75) is 52.1 Å². The van der Waals surface area contributed by atoms with Gasteiger partial charge in [-0.1, -0.05) is 20.8 Å². The van der Waals surface area contributed by atoms with Gasteiger partial charge in [-0.25, -0.2) is 0 Å². The van der Waals surface area contributed by atoms with Gasteiger partial charge in [0.05, 0.1) is 0 Å². The lowest BCUT2D eigenvalue weighted by Crippen LogP contribution is -2.32. The smallest absolute Gasteiger partial charge is 0.0128 e. The van der Waals surface area contributed by atoms with E-state index in [9.17, 15) is 0 Å². The minimum atomic E-state index is 0.510. The Balaban J connectivity index is 1.90. The minimum Gasteiger partial charge on any atom is -0.300 e. The molecular weight excluding hydrogens is 146 g/mol. The molecule has 0 amide bonds. The van der Waals surface area contributed by atoms with Gasteiger partial charge in [-0.2, -0.15) is 0 Å². The Bertz CT molecular complexity index is 180. The maximum Gasteiger partial charge on any atom is 0.0128 e. The van der Waals surface area contributed by atoms with Crippen LogP contribution in [0, 0.1) is 11.3 Å². The van der Waals surface area contributed by atoms with Gasteiger partial charge < -0.3 is 4.90 Å². The Morgan fingerprint density at radius 2 is 1.92 bits per heavy atom. The third-order valence-corrected chi connectivity index (χ3v) is 3.41. The summed E-state index contributed by atoms with van der Waals surface area (Å²) in [6.45, 7) is 7.06. The highest BCUT2D eigenvalue weighted by atomic mass is 15.2. The number of piperidine rings is 1. The quantitative estimate of drug-likeness (QED) is 0.580. The predicted octanol–water partition coefficient (Wildman–Crippen LogP) is 2.52. The lowest BCUT2D eigenvalue weighted by Gasteiger charge is -2.29. The average Bonchev–Trinajstić information content (AvgIpc) is 2.56. The first-order valence-electron chi connectivity index (χ1n) is 5.19. The van der Waals surface area contributed by atoms with Crippen molar-refractivity contribution in [1.82, 2.24) is 4.90 Å². The molecular formula is C11H21N. The van der Waals surface area contributed by atoms with Crippen molar-refractivity contribution in [3.63, 3.8) is 0 Å². The van der Waals surface area contributed by atoms with Crippen LogP contribution in [0.5, 0.6) is 0 Å². The molecule has 2 fully saturated rings. The van der Waals surface area contributed by atoms with Crippen LogP contribution in [0.25, 0.3) is 0 Å². The standard InChI is InChI=1S/C11H21N/c1-11(2,3)7-9-5-8-6-10(8)12(9)4/h8-10H,5-7H2,1-4H3. The second-order valence-electron chi connectivity index (χ2n) is 5.88. The number of likely N-dealkylation sites (tertiary alicyclic amines) is 1. The molecule has 0 aromatic rings. The highest BCUT2D eigenvalue weighted by molar-refractivity contribution is 5.04. The molecule has 1 aliphatic carbocycles. The first kappa shape index (κ1) is 8.55. The second-order valence-corrected chi connectivity index (χ2v) is 5.88. The van der Waals surface area contributed by atoms with Crippen molar-refractivity contribution in [3.05, 3.63) is 0 Å². The molecule has 1 saturated carbocycles. The molecule has 0 N–H and O–H groups in total. The molecule has 1 heterocycles. The summed E-state index contributed by atoms with van der Waals surface area (Å²) in [5.74, 6) is 1.07. The largest absolute Gasteiger partial charge is 0.300 e. The summed E-state index contributed by atoms with van der Waals surface area (Å²) in [4.78, 5) is 2.62. The molecule has 3 atom stereocenters. The molecule has 1 heteroatoms. The predicted molar refractivity (Wildman–Crippen MR) is 52.1 cm³/mol. The molecule has 0 bridgehead atoms. The lowest BCUT2D eigenvalue weighted by molar-refractivity contribution is 0.197. The normalized spacial score (nSPS) is 41.5. The van der Waals surface area contributed by atoms with E-state index in [1.165, 1.54) is 19.3 Å². The molecule has 0 aromatic carbocycles. The van der Waals surface area contributed by atoms with Crippen LogP contribution in [0.4, 0.5) is 0 Å². The maximum absolute atomic E-state index is 2.62. The van der Waals surface area contributed by atoms with Gasteiger partial charge in [-0.15, -0.1) is 0 Å². The number of fused-ring (bicyclic) bond motifs is 1. The highest BCUT2D eigenvalue weighted by Gasteiger charge is 2.50. The van der Waals surface area contributed by atoms with Gasteiger partial charge in [0.15, 0.2) is 0 Å². The molecule has 2 rings (SSSR count). The lowest BCUT2D eigenvalue weighted by atomic mass is 9.87. The fourth-order valence-electron chi connectivity index (χ4n) is 2.70. The molecule has 1 aliphatic heterocycles.